The predicted octanol–water partition coefficient (Wildman–Crippen LogP) is 3.56. The average molecular weight is 272 g/mol. The standard InChI is InChI=1S/C16H20N2O2/c1-11-3-2-4-12(7-11)9-18-10-17-14-8-13(16(19)20)5-6-15(14)18/h5-6,8,10-12H,2-4,7,9H2,1H3,(H,19,20). The topological polar surface area (TPSA) is 55.1 Å². The molecule has 2 aromatic rings. The third-order valence-corrected chi connectivity index (χ3v) is 4.37. The van der Waals surface area contributed by atoms with Gasteiger partial charge in [0.25, 0.3) is 0 Å². The summed E-state index contributed by atoms with van der Waals surface area (Å²) in [6.07, 6.45) is 7.09. The third kappa shape index (κ3) is 2.55. The Labute approximate surface area is 118 Å². The number of aromatic carboxylic acids is 1. The zero-order valence-electron chi connectivity index (χ0n) is 11.7. The number of imidazole rings is 1. The molecule has 1 saturated carbocycles. The normalized spacial score (nSPS) is 23.1. The number of fused-ring (bicyclic) bond motifs is 1. The predicted molar refractivity (Wildman–Crippen MR) is 77.8 cm³/mol. The Morgan fingerprint density at radius 2 is 2.30 bits per heavy atom. The summed E-state index contributed by atoms with van der Waals surface area (Å²) in [6, 6.07) is 5.18. The zero-order valence-corrected chi connectivity index (χ0v) is 11.7. The van der Waals surface area contributed by atoms with Crippen LogP contribution in [0.2, 0.25) is 0 Å². The molecule has 1 heterocycles. The van der Waals surface area contributed by atoms with Gasteiger partial charge in [0.05, 0.1) is 22.9 Å². The van der Waals surface area contributed by atoms with Crippen molar-refractivity contribution in [2.24, 2.45) is 11.8 Å². The molecule has 1 aromatic heterocycles. The summed E-state index contributed by atoms with van der Waals surface area (Å²) < 4.78 is 2.17. The van der Waals surface area contributed by atoms with E-state index in [1.807, 2.05) is 12.4 Å². The van der Waals surface area contributed by atoms with Crippen LogP contribution in [0.5, 0.6) is 0 Å². The van der Waals surface area contributed by atoms with Gasteiger partial charge in [-0.25, -0.2) is 9.78 Å². The molecule has 1 aromatic carbocycles. The minimum Gasteiger partial charge on any atom is -0.478 e. The molecule has 1 aliphatic rings. The van der Waals surface area contributed by atoms with E-state index >= 15 is 0 Å². The van der Waals surface area contributed by atoms with Crippen LogP contribution in [0.15, 0.2) is 24.5 Å². The fraction of sp³-hybridized carbons (Fsp3) is 0.500. The minimum atomic E-state index is -0.900. The number of hydrogen-bond donors (Lipinski definition) is 1. The van der Waals surface area contributed by atoms with Gasteiger partial charge >= 0.3 is 5.97 Å². The van der Waals surface area contributed by atoms with Crippen molar-refractivity contribution < 1.29 is 9.90 Å². The van der Waals surface area contributed by atoms with Crippen LogP contribution in [0.4, 0.5) is 0 Å². The van der Waals surface area contributed by atoms with Crippen LogP contribution in [0.25, 0.3) is 11.0 Å². The monoisotopic (exact) mass is 272 g/mol. The molecule has 0 saturated heterocycles. The third-order valence-electron chi connectivity index (χ3n) is 4.37. The Morgan fingerprint density at radius 1 is 1.45 bits per heavy atom. The summed E-state index contributed by atoms with van der Waals surface area (Å²) in [5, 5.41) is 9.01. The van der Waals surface area contributed by atoms with Crippen molar-refractivity contribution in [3.63, 3.8) is 0 Å². The lowest BCUT2D eigenvalue weighted by Crippen LogP contribution is -2.18. The number of nitrogens with zero attached hydrogens (tertiary/aromatic N) is 2. The molecule has 4 nitrogen and oxygen atoms in total. The molecular weight excluding hydrogens is 252 g/mol. The lowest BCUT2D eigenvalue weighted by atomic mass is 9.82. The van der Waals surface area contributed by atoms with Gasteiger partial charge in [-0.15, -0.1) is 0 Å². The Balaban J connectivity index is 1.83. The molecule has 0 amide bonds. The fourth-order valence-corrected chi connectivity index (χ4v) is 3.35. The summed E-state index contributed by atoms with van der Waals surface area (Å²) in [4.78, 5) is 15.3. The van der Waals surface area contributed by atoms with Gasteiger partial charge < -0.3 is 9.67 Å². The van der Waals surface area contributed by atoms with Crippen molar-refractivity contribution in [1.29, 1.82) is 0 Å². The summed E-state index contributed by atoms with van der Waals surface area (Å²) >= 11 is 0. The zero-order chi connectivity index (χ0) is 14.1. The van der Waals surface area contributed by atoms with E-state index in [1.165, 1.54) is 25.7 Å². The van der Waals surface area contributed by atoms with E-state index in [9.17, 15) is 4.79 Å². The van der Waals surface area contributed by atoms with E-state index in [2.05, 4.69) is 16.5 Å². The lowest BCUT2D eigenvalue weighted by Gasteiger charge is -2.27. The first-order valence-electron chi connectivity index (χ1n) is 7.31. The highest BCUT2D eigenvalue weighted by Crippen LogP contribution is 2.30. The minimum absolute atomic E-state index is 0.300. The first kappa shape index (κ1) is 13.2. The van der Waals surface area contributed by atoms with Crippen molar-refractivity contribution in [3.8, 4) is 0 Å². The molecular formula is C16H20N2O2. The van der Waals surface area contributed by atoms with Gasteiger partial charge in [0.15, 0.2) is 0 Å². The van der Waals surface area contributed by atoms with Crippen molar-refractivity contribution in [2.75, 3.05) is 0 Å². The fourth-order valence-electron chi connectivity index (χ4n) is 3.35. The highest BCUT2D eigenvalue weighted by molar-refractivity contribution is 5.92. The molecule has 4 heteroatoms. The number of carboxylic acid groups (broad SMARTS) is 1. The van der Waals surface area contributed by atoms with E-state index in [0.717, 1.165) is 29.4 Å². The second-order valence-corrected chi connectivity index (χ2v) is 6.04. The van der Waals surface area contributed by atoms with Crippen LogP contribution in [-0.2, 0) is 6.54 Å². The maximum absolute atomic E-state index is 11.0. The summed E-state index contributed by atoms with van der Waals surface area (Å²) in [6.45, 7) is 3.32. The largest absolute Gasteiger partial charge is 0.478 e. The molecule has 2 atom stereocenters. The van der Waals surface area contributed by atoms with Crippen LogP contribution in [0.3, 0.4) is 0 Å². The van der Waals surface area contributed by atoms with Gasteiger partial charge in [0.2, 0.25) is 0 Å². The molecule has 2 unspecified atom stereocenters. The van der Waals surface area contributed by atoms with E-state index < -0.39 is 5.97 Å². The molecule has 1 N–H and O–H groups in total. The Morgan fingerprint density at radius 3 is 3.05 bits per heavy atom. The summed E-state index contributed by atoms with van der Waals surface area (Å²) in [5.74, 6) is 0.639. The number of benzene rings is 1. The van der Waals surface area contributed by atoms with Crippen molar-refractivity contribution >= 4 is 17.0 Å². The highest BCUT2D eigenvalue weighted by Gasteiger charge is 2.20. The van der Waals surface area contributed by atoms with Crippen LogP contribution in [-0.4, -0.2) is 20.6 Å². The Hall–Kier alpha value is -1.84. The molecule has 3 rings (SSSR count). The van der Waals surface area contributed by atoms with E-state index in [0.29, 0.717) is 5.56 Å². The summed E-state index contributed by atoms with van der Waals surface area (Å²) in [5.41, 5.74) is 2.11. The van der Waals surface area contributed by atoms with Crippen molar-refractivity contribution in [1.82, 2.24) is 9.55 Å². The van der Waals surface area contributed by atoms with E-state index in [4.69, 9.17) is 5.11 Å². The SMILES string of the molecule is CC1CCCC(Cn2cnc3cc(C(=O)O)ccc32)C1. The molecule has 1 aliphatic carbocycles. The van der Waals surface area contributed by atoms with Gasteiger partial charge in [-0.3, -0.25) is 0 Å². The molecule has 0 aliphatic heterocycles. The van der Waals surface area contributed by atoms with Crippen LogP contribution in [0.1, 0.15) is 43.0 Å². The molecule has 0 spiro atoms. The number of carboxylic acids is 1. The number of carbonyl (C=O) groups is 1. The van der Waals surface area contributed by atoms with Crippen molar-refractivity contribution in [3.05, 3.63) is 30.1 Å². The smallest absolute Gasteiger partial charge is 0.335 e. The number of aromatic nitrogens is 2. The van der Waals surface area contributed by atoms with Gasteiger partial charge in [0, 0.05) is 6.54 Å². The van der Waals surface area contributed by atoms with Crippen LogP contribution >= 0.6 is 0 Å². The van der Waals surface area contributed by atoms with Gasteiger partial charge in [-0.05, 0) is 42.9 Å². The van der Waals surface area contributed by atoms with E-state index in [1.54, 1.807) is 12.1 Å². The quantitative estimate of drug-likeness (QED) is 0.929. The van der Waals surface area contributed by atoms with Gasteiger partial charge in [0.1, 0.15) is 0 Å². The first-order chi connectivity index (χ1) is 9.63. The number of hydrogen-bond acceptors (Lipinski definition) is 2. The lowest BCUT2D eigenvalue weighted by molar-refractivity contribution is 0.0697. The Bertz CT molecular complexity index is 632. The number of rotatable bonds is 3. The molecule has 1 fully saturated rings. The second kappa shape index (κ2) is 5.27. The van der Waals surface area contributed by atoms with Gasteiger partial charge in [-0.2, -0.15) is 0 Å². The first-order valence-corrected chi connectivity index (χ1v) is 7.31. The Kier molecular flexibility index (Phi) is 3.47. The van der Waals surface area contributed by atoms with Gasteiger partial charge in [-0.1, -0.05) is 19.8 Å². The second-order valence-electron chi connectivity index (χ2n) is 6.04. The summed E-state index contributed by atoms with van der Waals surface area (Å²) in [7, 11) is 0. The molecule has 106 valence electrons. The average Bonchev–Trinajstić information content (AvgIpc) is 2.81. The highest BCUT2D eigenvalue weighted by atomic mass is 16.4. The van der Waals surface area contributed by atoms with Crippen LogP contribution < -0.4 is 0 Å². The molecule has 0 bridgehead atoms. The maximum atomic E-state index is 11.0. The molecule has 0 radical (unpaired) electrons. The van der Waals surface area contributed by atoms with E-state index in [-0.39, 0.29) is 0 Å². The molecule has 20 heavy (non-hydrogen) atoms. The van der Waals surface area contributed by atoms with Crippen LogP contribution in [0, 0.1) is 11.8 Å². The van der Waals surface area contributed by atoms with Crippen molar-refractivity contribution in [2.45, 2.75) is 39.2 Å². The maximum Gasteiger partial charge on any atom is 0.335 e.